The quantitative estimate of drug-likeness (QED) is 0.628. The van der Waals surface area contributed by atoms with E-state index in [0.29, 0.717) is 0 Å². The van der Waals surface area contributed by atoms with Crippen LogP contribution in [0.1, 0.15) is 41.3 Å². The van der Waals surface area contributed by atoms with Gasteiger partial charge in [-0.3, -0.25) is 0 Å². The van der Waals surface area contributed by atoms with Gasteiger partial charge in [-0.2, -0.15) is 0 Å². The van der Waals surface area contributed by atoms with Gasteiger partial charge in [0.1, 0.15) is 11.7 Å². The van der Waals surface area contributed by atoms with Crippen molar-refractivity contribution in [2.24, 2.45) is 15.7 Å². The second kappa shape index (κ2) is 8.44. The van der Waals surface area contributed by atoms with Crippen molar-refractivity contribution in [1.82, 2.24) is 5.32 Å². The maximum atomic E-state index is 6.08. The molecule has 0 aromatic heterocycles. The van der Waals surface area contributed by atoms with E-state index in [1.54, 1.807) is 0 Å². The van der Waals surface area contributed by atoms with E-state index in [1.165, 1.54) is 5.57 Å². The van der Waals surface area contributed by atoms with Crippen LogP contribution in [0.3, 0.4) is 0 Å². The molecule has 152 valence electrons. The summed E-state index contributed by atoms with van der Waals surface area (Å²) in [5, 5.41) is 3.43. The summed E-state index contributed by atoms with van der Waals surface area (Å²) in [5.41, 5.74) is 12.5. The fourth-order valence-corrected chi connectivity index (χ4v) is 3.89. The van der Waals surface area contributed by atoms with Crippen molar-refractivity contribution in [1.29, 1.82) is 0 Å². The molecule has 31 heavy (non-hydrogen) atoms. The molecule has 0 unspecified atom stereocenters. The minimum absolute atomic E-state index is 0.322. The molecule has 0 amide bonds. The van der Waals surface area contributed by atoms with Gasteiger partial charge in [-0.15, -0.1) is 0 Å². The van der Waals surface area contributed by atoms with Crippen LogP contribution < -0.4 is 11.1 Å². The molecule has 1 aliphatic carbocycles. The van der Waals surface area contributed by atoms with Gasteiger partial charge in [0.15, 0.2) is 6.17 Å². The van der Waals surface area contributed by atoms with Crippen LogP contribution in [0.5, 0.6) is 0 Å². The Morgan fingerprint density at radius 2 is 1.35 bits per heavy atom. The third kappa shape index (κ3) is 4.19. The summed E-state index contributed by atoms with van der Waals surface area (Å²) >= 11 is 0. The number of hydrogen-bond donors (Lipinski definition) is 2. The van der Waals surface area contributed by atoms with E-state index in [9.17, 15) is 0 Å². The molecule has 3 aromatic carbocycles. The Hall–Kier alpha value is -3.92. The zero-order valence-electron chi connectivity index (χ0n) is 17.2. The summed E-state index contributed by atoms with van der Waals surface area (Å²) in [4.78, 5) is 9.92. The maximum Gasteiger partial charge on any atom is 0.169 e. The van der Waals surface area contributed by atoms with Crippen LogP contribution in [0.4, 0.5) is 0 Å². The Balaban J connectivity index is 1.56. The van der Waals surface area contributed by atoms with Crippen LogP contribution >= 0.6 is 0 Å². The summed E-state index contributed by atoms with van der Waals surface area (Å²) in [6.07, 6.45) is 5.89. The fraction of sp³-hybridized carbons (Fsp3) is 0.111. The van der Waals surface area contributed by atoms with E-state index in [1.807, 2.05) is 36.4 Å². The molecular formula is C27H24N4. The van der Waals surface area contributed by atoms with Gasteiger partial charge in [0.25, 0.3) is 0 Å². The van der Waals surface area contributed by atoms with Crippen molar-refractivity contribution < 1.29 is 0 Å². The molecule has 0 bridgehead atoms. The third-order valence-corrected chi connectivity index (χ3v) is 5.49. The van der Waals surface area contributed by atoms with E-state index < -0.39 is 0 Å². The van der Waals surface area contributed by atoms with Crippen molar-refractivity contribution in [3.63, 3.8) is 0 Å². The zero-order valence-corrected chi connectivity index (χ0v) is 17.2. The number of hydrogen-bond acceptors (Lipinski definition) is 4. The summed E-state index contributed by atoms with van der Waals surface area (Å²) < 4.78 is 0. The first-order valence-electron chi connectivity index (χ1n) is 10.6. The third-order valence-electron chi connectivity index (χ3n) is 5.49. The molecule has 2 aliphatic rings. The highest BCUT2D eigenvalue weighted by atomic mass is 15.2. The predicted octanol–water partition coefficient (Wildman–Crippen LogP) is 5.20. The zero-order chi connectivity index (χ0) is 21.0. The van der Waals surface area contributed by atoms with E-state index in [2.05, 4.69) is 66.0 Å². The van der Waals surface area contributed by atoms with Gasteiger partial charge in [0.05, 0.1) is 0 Å². The number of nitrogens with two attached hydrogens (primary N) is 1. The van der Waals surface area contributed by atoms with Gasteiger partial charge < -0.3 is 11.1 Å². The van der Waals surface area contributed by atoms with Gasteiger partial charge in [-0.1, -0.05) is 84.9 Å². The summed E-state index contributed by atoms with van der Waals surface area (Å²) in [7, 11) is 0. The number of allylic oxidation sites excluding steroid dienone is 4. The Labute approximate surface area is 182 Å². The van der Waals surface area contributed by atoms with Crippen LogP contribution in [0.25, 0.3) is 5.57 Å². The summed E-state index contributed by atoms with van der Waals surface area (Å²) in [5.74, 6) is 1.65. The smallest absolute Gasteiger partial charge is 0.169 e. The van der Waals surface area contributed by atoms with Crippen LogP contribution in [0.2, 0.25) is 0 Å². The first-order chi connectivity index (χ1) is 15.3. The number of nitrogens with zero attached hydrogens (tertiary/aromatic N) is 2. The monoisotopic (exact) mass is 404 g/mol. The lowest BCUT2D eigenvalue weighted by molar-refractivity contribution is 0.755. The van der Waals surface area contributed by atoms with Crippen molar-refractivity contribution in [3.8, 4) is 0 Å². The van der Waals surface area contributed by atoms with E-state index in [-0.39, 0.29) is 6.17 Å². The van der Waals surface area contributed by atoms with Gasteiger partial charge in [0, 0.05) is 16.8 Å². The topological polar surface area (TPSA) is 62.8 Å². The second-order valence-electron chi connectivity index (χ2n) is 7.73. The van der Waals surface area contributed by atoms with Crippen LogP contribution in [0, 0.1) is 0 Å². The summed E-state index contributed by atoms with van der Waals surface area (Å²) in [6.45, 7) is 0. The first kappa shape index (κ1) is 19.1. The van der Waals surface area contributed by atoms with Crippen molar-refractivity contribution >= 4 is 17.2 Å². The average molecular weight is 405 g/mol. The van der Waals surface area contributed by atoms with E-state index in [4.69, 9.17) is 15.7 Å². The minimum atomic E-state index is -0.322. The Morgan fingerprint density at radius 3 is 1.97 bits per heavy atom. The highest BCUT2D eigenvalue weighted by Gasteiger charge is 2.21. The number of benzene rings is 3. The molecule has 0 atom stereocenters. The largest absolute Gasteiger partial charge is 0.402 e. The molecule has 0 spiro atoms. The van der Waals surface area contributed by atoms with Crippen molar-refractivity contribution in [2.45, 2.75) is 19.0 Å². The second-order valence-corrected chi connectivity index (χ2v) is 7.73. The van der Waals surface area contributed by atoms with Crippen molar-refractivity contribution in [3.05, 3.63) is 125 Å². The molecule has 1 aliphatic heterocycles. The van der Waals surface area contributed by atoms with Gasteiger partial charge in [-0.05, 0) is 41.7 Å². The van der Waals surface area contributed by atoms with E-state index in [0.717, 1.165) is 52.5 Å². The highest BCUT2D eigenvalue weighted by Crippen LogP contribution is 2.29. The average Bonchev–Trinajstić information content (AvgIpc) is 2.85. The lowest BCUT2D eigenvalue weighted by Gasteiger charge is -2.23. The maximum absolute atomic E-state index is 6.08. The van der Waals surface area contributed by atoms with Gasteiger partial charge in [0.2, 0.25) is 0 Å². The molecule has 0 fully saturated rings. The normalized spacial score (nSPS) is 16.5. The Bertz CT molecular complexity index is 1150. The number of rotatable bonds is 4. The number of aliphatic imine (C=N–C) groups is 2. The molecule has 0 saturated heterocycles. The summed E-state index contributed by atoms with van der Waals surface area (Å²) in [6, 6.07) is 28.8. The van der Waals surface area contributed by atoms with Crippen LogP contribution in [0.15, 0.2) is 113 Å². The minimum Gasteiger partial charge on any atom is -0.402 e. The van der Waals surface area contributed by atoms with E-state index >= 15 is 0 Å². The van der Waals surface area contributed by atoms with Crippen molar-refractivity contribution in [2.75, 3.05) is 0 Å². The van der Waals surface area contributed by atoms with Gasteiger partial charge >= 0.3 is 0 Å². The number of amidine groups is 2. The molecule has 5 rings (SSSR count). The molecule has 4 nitrogen and oxygen atoms in total. The molecule has 4 heteroatoms. The SMILES string of the molecule is NC1=CC(c2cccc(C3N=C(c4ccccc4)NC(c4ccccc4)=N3)c2)=CCC1. The molecule has 3 aromatic rings. The Kier molecular flexibility index (Phi) is 5.19. The lowest BCUT2D eigenvalue weighted by atomic mass is 9.96. The molecule has 0 saturated carbocycles. The van der Waals surface area contributed by atoms with Gasteiger partial charge in [-0.25, -0.2) is 9.98 Å². The molecule has 0 radical (unpaired) electrons. The predicted molar refractivity (Wildman–Crippen MR) is 128 cm³/mol. The molecular weight excluding hydrogens is 380 g/mol. The molecule has 3 N–H and O–H groups in total. The first-order valence-corrected chi connectivity index (χ1v) is 10.6. The lowest BCUT2D eigenvalue weighted by Crippen LogP contribution is -2.36. The number of nitrogens with one attached hydrogen (secondary N) is 1. The molecule has 1 heterocycles. The fourth-order valence-electron chi connectivity index (χ4n) is 3.89. The Morgan fingerprint density at radius 1 is 0.742 bits per heavy atom. The standard InChI is InChI=1S/C27H24N4/c28-24-16-8-14-22(18-24)21-13-7-15-23(17-21)27-30-25(19-9-3-1-4-10-19)29-26(31-27)20-11-5-2-6-12-20/h1-7,9-15,17-18,27H,8,16,28H2,(H,29,30,31). The highest BCUT2D eigenvalue weighted by molar-refractivity contribution is 6.15. The van der Waals surface area contributed by atoms with Crippen LogP contribution in [-0.2, 0) is 0 Å². The van der Waals surface area contributed by atoms with Crippen LogP contribution in [-0.4, -0.2) is 11.7 Å².